The third-order valence-corrected chi connectivity index (χ3v) is 3.78. The quantitative estimate of drug-likeness (QED) is 0.455. The smallest absolute Gasteiger partial charge is 0.0361 e. The zero-order valence-electron chi connectivity index (χ0n) is 6.60. The van der Waals surface area contributed by atoms with E-state index in [9.17, 15) is 0 Å². The molecule has 0 unspecified atom stereocenters. The Morgan fingerprint density at radius 2 is 1.33 bits per heavy atom. The highest BCUT2D eigenvalue weighted by Gasteiger charge is 2.25. The molecule has 0 saturated heterocycles. The second kappa shape index (κ2) is 1.95. The average Bonchev–Trinajstić information content (AvgIpc) is 1.79. The van der Waals surface area contributed by atoms with Gasteiger partial charge in [-0.25, -0.2) is 0 Å². The van der Waals surface area contributed by atoms with Crippen molar-refractivity contribution in [1.29, 1.82) is 0 Å². The van der Waals surface area contributed by atoms with Crippen LogP contribution >= 0.6 is 7.26 Å². The van der Waals surface area contributed by atoms with Crippen LogP contribution in [-0.2, 0) is 0 Å². The van der Waals surface area contributed by atoms with E-state index < -0.39 is 7.26 Å². The van der Waals surface area contributed by atoms with Gasteiger partial charge in [0.1, 0.15) is 0 Å². The van der Waals surface area contributed by atoms with Gasteiger partial charge < -0.3 is 0 Å². The Bertz CT molecular complexity index is 165. The van der Waals surface area contributed by atoms with Crippen LogP contribution in [0, 0.1) is 0 Å². The Balaban J connectivity index is 2.96. The molecule has 9 heavy (non-hydrogen) atoms. The summed E-state index contributed by atoms with van der Waals surface area (Å²) in [6, 6.07) is 0. The second-order valence-corrected chi connectivity index (χ2v) is 7.03. The Kier molecular flexibility index (Phi) is 1.52. The Hall–Kier alpha value is -0.0900. The standard InChI is InChI=1S/C8H14P/c1-7-5-9(3,4)6-8(7)2/h5-6H,1-4H3/q+1. The molecule has 0 bridgehead atoms. The zero-order chi connectivity index (χ0) is 7.07. The van der Waals surface area contributed by atoms with E-state index in [1.165, 1.54) is 11.1 Å². The first-order valence-electron chi connectivity index (χ1n) is 3.24. The molecule has 0 N–H and O–H groups in total. The minimum Gasteiger partial charge on any atom is -0.0361 e. The minimum atomic E-state index is -0.730. The molecule has 0 fully saturated rings. The van der Waals surface area contributed by atoms with Crippen molar-refractivity contribution >= 4 is 7.26 Å². The molecule has 0 amide bonds. The van der Waals surface area contributed by atoms with Crippen molar-refractivity contribution in [3.8, 4) is 0 Å². The van der Waals surface area contributed by atoms with Crippen molar-refractivity contribution in [1.82, 2.24) is 0 Å². The van der Waals surface area contributed by atoms with Gasteiger partial charge in [-0.3, -0.25) is 0 Å². The van der Waals surface area contributed by atoms with Crippen molar-refractivity contribution in [3.63, 3.8) is 0 Å². The fourth-order valence-corrected chi connectivity index (χ4v) is 3.72. The van der Waals surface area contributed by atoms with Gasteiger partial charge in [0, 0.05) is 0 Å². The molecule has 1 heterocycles. The van der Waals surface area contributed by atoms with Gasteiger partial charge in [0.25, 0.3) is 0 Å². The highest BCUT2D eigenvalue weighted by atomic mass is 31.2. The average molecular weight is 141 g/mol. The molecular formula is C8H14P+. The topological polar surface area (TPSA) is 0 Å². The van der Waals surface area contributed by atoms with Crippen LogP contribution in [0.1, 0.15) is 13.8 Å². The van der Waals surface area contributed by atoms with E-state index in [4.69, 9.17) is 0 Å². The van der Waals surface area contributed by atoms with Crippen LogP contribution in [0.5, 0.6) is 0 Å². The van der Waals surface area contributed by atoms with E-state index >= 15 is 0 Å². The summed E-state index contributed by atoms with van der Waals surface area (Å²) >= 11 is 0. The van der Waals surface area contributed by atoms with Crippen molar-refractivity contribution in [2.45, 2.75) is 13.8 Å². The van der Waals surface area contributed by atoms with E-state index in [1.54, 1.807) is 0 Å². The van der Waals surface area contributed by atoms with Crippen molar-refractivity contribution in [2.75, 3.05) is 13.3 Å². The summed E-state index contributed by atoms with van der Waals surface area (Å²) in [7, 11) is -0.730. The number of hydrogen-bond acceptors (Lipinski definition) is 0. The third-order valence-electron chi connectivity index (χ3n) is 1.67. The lowest BCUT2D eigenvalue weighted by Crippen LogP contribution is -1.70. The highest BCUT2D eigenvalue weighted by Crippen LogP contribution is 2.60. The van der Waals surface area contributed by atoms with Gasteiger partial charge >= 0.3 is 0 Å². The van der Waals surface area contributed by atoms with E-state index in [1.807, 2.05) is 0 Å². The lowest BCUT2D eigenvalue weighted by molar-refractivity contribution is 1.39. The summed E-state index contributed by atoms with van der Waals surface area (Å²) in [4.78, 5) is 0. The van der Waals surface area contributed by atoms with E-state index in [-0.39, 0.29) is 0 Å². The van der Waals surface area contributed by atoms with Crippen LogP contribution in [0.4, 0.5) is 0 Å². The summed E-state index contributed by atoms with van der Waals surface area (Å²) in [5.74, 6) is 4.84. The monoisotopic (exact) mass is 141 g/mol. The molecule has 0 aromatic rings. The zero-order valence-corrected chi connectivity index (χ0v) is 7.50. The first-order valence-corrected chi connectivity index (χ1v) is 6.06. The second-order valence-electron chi connectivity index (χ2n) is 3.25. The predicted molar refractivity (Wildman–Crippen MR) is 46.3 cm³/mol. The maximum absolute atomic E-state index is 2.42. The van der Waals surface area contributed by atoms with Gasteiger partial charge in [-0.15, -0.1) is 0 Å². The van der Waals surface area contributed by atoms with Crippen LogP contribution in [0.3, 0.4) is 0 Å². The van der Waals surface area contributed by atoms with Crippen molar-refractivity contribution < 1.29 is 0 Å². The fraction of sp³-hybridized carbons (Fsp3) is 0.500. The molecule has 1 aliphatic heterocycles. The predicted octanol–water partition coefficient (Wildman–Crippen LogP) is 3.08. The first kappa shape index (κ1) is 7.02. The van der Waals surface area contributed by atoms with Gasteiger partial charge in [0.15, 0.2) is 0 Å². The maximum atomic E-state index is 2.42. The van der Waals surface area contributed by atoms with Gasteiger partial charge in [0.2, 0.25) is 0 Å². The van der Waals surface area contributed by atoms with Crippen molar-refractivity contribution in [3.05, 3.63) is 22.8 Å². The number of allylic oxidation sites excluding steroid dienone is 2. The molecule has 1 rings (SSSR count). The van der Waals surface area contributed by atoms with Crippen LogP contribution in [-0.4, -0.2) is 13.3 Å². The minimum absolute atomic E-state index is 0.730. The van der Waals surface area contributed by atoms with Gasteiger partial charge in [-0.2, -0.15) is 0 Å². The molecule has 0 saturated carbocycles. The van der Waals surface area contributed by atoms with Gasteiger partial charge in [-0.05, 0) is 25.0 Å². The summed E-state index contributed by atoms with van der Waals surface area (Å²) in [5, 5.41) is 0. The molecule has 0 atom stereocenters. The highest BCUT2D eigenvalue weighted by molar-refractivity contribution is 7.80. The van der Waals surface area contributed by atoms with E-state index in [2.05, 4.69) is 38.8 Å². The normalized spacial score (nSPS) is 23.6. The Morgan fingerprint density at radius 1 is 1.00 bits per heavy atom. The first-order chi connectivity index (χ1) is 4.01. The van der Waals surface area contributed by atoms with E-state index in [0.717, 1.165) is 0 Å². The van der Waals surface area contributed by atoms with Crippen molar-refractivity contribution in [2.24, 2.45) is 0 Å². The van der Waals surface area contributed by atoms with Gasteiger partial charge in [-0.1, -0.05) is 0 Å². The van der Waals surface area contributed by atoms with Gasteiger partial charge in [0.05, 0.1) is 32.2 Å². The molecule has 50 valence electrons. The maximum Gasteiger partial charge on any atom is 0.0661 e. The van der Waals surface area contributed by atoms with Crippen LogP contribution in [0.15, 0.2) is 22.8 Å². The van der Waals surface area contributed by atoms with Crippen LogP contribution in [0.2, 0.25) is 0 Å². The lowest BCUT2D eigenvalue weighted by Gasteiger charge is -1.99. The molecule has 0 aromatic heterocycles. The summed E-state index contributed by atoms with van der Waals surface area (Å²) in [6.07, 6.45) is 0. The SMILES string of the molecule is CC1=C[P+](C)(C)C=C1C. The molecule has 0 aromatic carbocycles. The molecule has 0 radical (unpaired) electrons. The Morgan fingerprint density at radius 3 is 1.44 bits per heavy atom. The molecule has 0 aliphatic carbocycles. The Labute approximate surface area is 58.0 Å². The van der Waals surface area contributed by atoms with Crippen LogP contribution in [0.25, 0.3) is 0 Å². The molecule has 1 aliphatic rings. The third kappa shape index (κ3) is 1.43. The summed E-state index contributed by atoms with van der Waals surface area (Å²) in [6.45, 7) is 9.07. The van der Waals surface area contributed by atoms with Crippen LogP contribution < -0.4 is 0 Å². The lowest BCUT2D eigenvalue weighted by atomic mass is 10.2. The summed E-state index contributed by atoms with van der Waals surface area (Å²) < 4.78 is 0. The number of rotatable bonds is 0. The molecule has 0 spiro atoms. The molecule has 0 nitrogen and oxygen atoms in total. The number of hydrogen-bond donors (Lipinski definition) is 0. The molecule has 1 heteroatoms. The summed E-state index contributed by atoms with van der Waals surface area (Å²) in [5.41, 5.74) is 2.96. The fourth-order valence-electron chi connectivity index (χ4n) is 1.24. The molecular weight excluding hydrogens is 127 g/mol. The van der Waals surface area contributed by atoms with E-state index in [0.29, 0.717) is 0 Å². The largest absolute Gasteiger partial charge is 0.0661 e.